The van der Waals surface area contributed by atoms with Gasteiger partial charge in [-0.05, 0) is 44.5 Å². The predicted molar refractivity (Wildman–Crippen MR) is 57.7 cm³/mol. The van der Waals surface area contributed by atoms with E-state index in [0.717, 1.165) is 5.56 Å². The van der Waals surface area contributed by atoms with E-state index in [2.05, 4.69) is 5.32 Å². The molecule has 0 spiro atoms. The molecule has 0 fully saturated rings. The molecule has 0 amide bonds. The molecule has 0 saturated carbocycles. The summed E-state index contributed by atoms with van der Waals surface area (Å²) >= 11 is 0. The van der Waals surface area contributed by atoms with Gasteiger partial charge in [-0.15, -0.1) is 0 Å². The average molecular weight is 206 g/mol. The highest BCUT2D eigenvalue weighted by Gasteiger charge is 2.09. The van der Waals surface area contributed by atoms with Crippen molar-refractivity contribution in [3.05, 3.63) is 35.1 Å². The zero-order valence-corrected chi connectivity index (χ0v) is 9.26. The quantitative estimate of drug-likeness (QED) is 0.807. The van der Waals surface area contributed by atoms with Crippen LogP contribution in [0.5, 0.6) is 0 Å². The number of rotatable bonds is 2. The summed E-state index contributed by atoms with van der Waals surface area (Å²) < 4.78 is 13.1. The van der Waals surface area contributed by atoms with E-state index in [0.29, 0.717) is 12.1 Å². The van der Waals surface area contributed by atoms with Gasteiger partial charge in [-0.25, -0.2) is 4.39 Å². The van der Waals surface area contributed by atoms with E-state index >= 15 is 0 Å². The lowest BCUT2D eigenvalue weighted by atomic mass is 10.1. The Morgan fingerprint density at radius 2 is 2.00 bits per heavy atom. The van der Waals surface area contributed by atoms with Crippen molar-refractivity contribution in [2.75, 3.05) is 0 Å². The van der Waals surface area contributed by atoms with Crippen LogP contribution in [-0.2, 0) is 6.54 Å². The molecule has 1 N–H and O–H groups in total. The van der Waals surface area contributed by atoms with Crippen molar-refractivity contribution < 1.29 is 4.39 Å². The van der Waals surface area contributed by atoms with Gasteiger partial charge in [0.15, 0.2) is 0 Å². The third kappa shape index (κ3) is 4.09. The molecule has 0 atom stereocenters. The minimum Gasteiger partial charge on any atom is -0.308 e. The molecule has 3 heteroatoms. The maximum atomic E-state index is 13.1. The minimum atomic E-state index is -0.361. The van der Waals surface area contributed by atoms with Crippen LogP contribution in [-0.4, -0.2) is 5.54 Å². The first-order valence-electron chi connectivity index (χ1n) is 4.85. The molecule has 0 aliphatic carbocycles. The van der Waals surface area contributed by atoms with Crippen LogP contribution in [0.3, 0.4) is 0 Å². The van der Waals surface area contributed by atoms with E-state index in [-0.39, 0.29) is 11.4 Å². The van der Waals surface area contributed by atoms with Gasteiger partial charge >= 0.3 is 0 Å². The molecule has 0 unspecified atom stereocenters. The van der Waals surface area contributed by atoms with E-state index in [4.69, 9.17) is 5.26 Å². The zero-order valence-electron chi connectivity index (χ0n) is 9.26. The maximum absolute atomic E-state index is 13.1. The van der Waals surface area contributed by atoms with Gasteiger partial charge in [0.2, 0.25) is 0 Å². The first kappa shape index (κ1) is 11.7. The second-order valence-corrected chi connectivity index (χ2v) is 4.56. The topological polar surface area (TPSA) is 35.8 Å². The van der Waals surface area contributed by atoms with Crippen LogP contribution in [0.2, 0.25) is 0 Å². The number of nitrogens with one attached hydrogen (secondary N) is 1. The van der Waals surface area contributed by atoms with Gasteiger partial charge in [-0.2, -0.15) is 5.26 Å². The molecule has 1 aromatic rings. The van der Waals surface area contributed by atoms with E-state index < -0.39 is 0 Å². The van der Waals surface area contributed by atoms with Crippen molar-refractivity contribution in [3.8, 4) is 6.07 Å². The summed E-state index contributed by atoms with van der Waals surface area (Å²) in [6.07, 6.45) is 0. The highest BCUT2D eigenvalue weighted by atomic mass is 19.1. The molecule has 1 aromatic carbocycles. The normalized spacial score (nSPS) is 11.1. The standard InChI is InChI=1S/C12H15FN2/c1-12(2,3)15-8-10-4-9(7-14)5-11(13)6-10/h4-6,15H,8H2,1-3H3. The monoisotopic (exact) mass is 206 g/mol. The van der Waals surface area contributed by atoms with Crippen molar-refractivity contribution >= 4 is 0 Å². The molecule has 0 saturated heterocycles. The second kappa shape index (κ2) is 4.41. The lowest BCUT2D eigenvalue weighted by Gasteiger charge is -2.20. The first-order valence-corrected chi connectivity index (χ1v) is 4.85. The fraction of sp³-hybridized carbons (Fsp3) is 0.417. The number of halogens is 1. The Labute approximate surface area is 89.7 Å². The number of hydrogen-bond donors (Lipinski definition) is 1. The molecule has 80 valence electrons. The van der Waals surface area contributed by atoms with Gasteiger partial charge in [0.1, 0.15) is 5.82 Å². The molecule has 0 radical (unpaired) electrons. The van der Waals surface area contributed by atoms with Crippen molar-refractivity contribution in [1.82, 2.24) is 5.32 Å². The number of hydrogen-bond acceptors (Lipinski definition) is 2. The summed E-state index contributed by atoms with van der Waals surface area (Å²) in [6.45, 7) is 6.68. The van der Waals surface area contributed by atoms with Crippen LogP contribution >= 0.6 is 0 Å². The van der Waals surface area contributed by atoms with Gasteiger partial charge in [0.25, 0.3) is 0 Å². The summed E-state index contributed by atoms with van der Waals surface area (Å²) in [5, 5.41) is 11.9. The minimum absolute atomic E-state index is 0.0148. The lowest BCUT2D eigenvalue weighted by molar-refractivity contribution is 0.423. The highest BCUT2D eigenvalue weighted by molar-refractivity contribution is 5.33. The van der Waals surface area contributed by atoms with Crippen molar-refractivity contribution in [2.45, 2.75) is 32.9 Å². The molecular formula is C12H15FN2. The molecular weight excluding hydrogens is 191 g/mol. The Hall–Kier alpha value is -1.40. The largest absolute Gasteiger partial charge is 0.308 e. The Morgan fingerprint density at radius 3 is 2.53 bits per heavy atom. The molecule has 0 heterocycles. The van der Waals surface area contributed by atoms with E-state index in [1.165, 1.54) is 12.1 Å². The summed E-state index contributed by atoms with van der Waals surface area (Å²) in [6, 6.07) is 6.31. The molecule has 0 aromatic heterocycles. The third-order valence-electron chi connectivity index (χ3n) is 1.91. The predicted octanol–water partition coefficient (Wildman–Crippen LogP) is 2.59. The Balaban J connectivity index is 2.78. The van der Waals surface area contributed by atoms with Crippen molar-refractivity contribution in [2.24, 2.45) is 0 Å². The van der Waals surface area contributed by atoms with Gasteiger partial charge in [-0.3, -0.25) is 0 Å². The van der Waals surface area contributed by atoms with E-state index in [9.17, 15) is 4.39 Å². The average Bonchev–Trinajstić information content (AvgIpc) is 2.13. The van der Waals surface area contributed by atoms with Crippen LogP contribution in [0, 0.1) is 17.1 Å². The number of benzene rings is 1. The summed E-state index contributed by atoms with van der Waals surface area (Å²) in [7, 11) is 0. The second-order valence-electron chi connectivity index (χ2n) is 4.56. The zero-order chi connectivity index (χ0) is 11.5. The SMILES string of the molecule is CC(C)(C)NCc1cc(F)cc(C#N)c1. The van der Waals surface area contributed by atoms with Crippen LogP contribution in [0.25, 0.3) is 0 Å². The molecule has 0 bridgehead atoms. The Morgan fingerprint density at radius 1 is 1.33 bits per heavy atom. The fourth-order valence-electron chi connectivity index (χ4n) is 1.18. The van der Waals surface area contributed by atoms with Crippen LogP contribution in [0.1, 0.15) is 31.9 Å². The van der Waals surface area contributed by atoms with Gasteiger partial charge < -0.3 is 5.32 Å². The van der Waals surface area contributed by atoms with Gasteiger partial charge in [0.05, 0.1) is 11.6 Å². The van der Waals surface area contributed by atoms with E-state index in [1.54, 1.807) is 6.07 Å². The Kier molecular flexibility index (Phi) is 3.43. The third-order valence-corrected chi connectivity index (χ3v) is 1.91. The lowest BCUT2D eigenvalue weighted by Crippen LogP contribution is -2.35. The maximum Gasteiger partial charge on any atom is 0.124 e. The molecule has 2 nitrogen and oxygen atoms in total. The molecule has 0 aliphatic rings. The molecule has 15 heavy (non-hydrogen) atoms. The van der Waals surface area contributed by atoms with Gasteiger partial charge in [0, 0.05) is 12.1 Å². The smallest absolute Gasteiger partial charge is 0.124 e. The van der Waals surface area contributed by atoms with E-state index in [1.807, 2.05) is 26.8 Å². The van der Waals surface area contributed by atoms with Crippen molar-refractivity contribution in [1.29, 1.82) is 5.26 Å². The molecule has 0 aliphatic heterocycles. The van der Waals surface area contributed by atoms with Crippen molar-refractivity contribution in [3.63, 3.8) is 0 Å². The van der Waals surface area contributed by atoms with Crippen LogP contribution in [0.15, 0.2) is 18.2 Å². The number of nitrogens with zero attached hydrogens (tertiary/aromatic N) is 1. The highest BCUT2D eigenvalue weighted by Crippen LogP contribution is 2.10. The number of nitriles is 1. The van der Waals surface area contributed by atoms with Crippen LogP contribution < -0.4 is 5.32 Å². The fourth-order valence-corrected chi connectivity index (χ4v) is 1.18. The van der Waals surface area contributed by atoms with Crippen LogP contribution in [0.4, 0.5) is 4.39 Å². The Bertz CT molecular complexity index is 386. The summed E-state index contributed by atoms with van der Waals surface area (Å²) in [5.41, 5.74) is 1.14. The van der Waals surface area contributed by atoms with Gasteiger partial charge in [-0.1, -0.05) is 0 Å². The summed E-state index contributed by atoms with van der Waals surface area (Å²) in [4.78, 5) is 0. The molecule has 1 rings (SSSR count). The summed E-state index contributed by atoms with van der Waals surface area (Å²) in [5.74, 6) is -0.361. The first-order chi connectivity index (χ1) is 6.90.